The first kappa shape index (κ1) is 14.9. The van der Waals surface area contributed by atoms with E-state index >= 15 is 0 Å². The number of ether oxygens (including phenoxy) is 1. The summed E-state index contributed by atoms with van der Waals surface area (Å²) in [6.07, 6.45) is 1.76. The molecule has 0 aromatic heterocycles. The maximum absolute atomic E-state index is 11.1. The van der Waals surface area contributed by atoms with E-state index in [1.54, 1.807) is 7.11 Å². The molecule has 1 saturated heterocycles. The molecule has 0 bridgehead atoms. The van der Waals surface area contributed by atoms with Gasteiger partial charge in [0.05, 0.1) is 13.0 Å². The summed E-state index contributed by atoms with van der Waals surface area (Å²) >= 11 is 0. The second-order valence-electron chi connectivity index (χ2n) is 5.66. The molecule has 4 nitrogen and oxygen atoms in total. The lowest BCUT2D eigenvalue weighted by Crippen LogP contribution is -2.38. The lowest BCUT2D eigenvalue weighted by molar-refractivity contribution is -0.143. The second kappa shape index (κ2) is 6.27. The monoisotopic (exact) mass is 277 g/mol. The van der Waals surface area contributed by atoms with E-state index in [2.05, 4.69) is 24.0 Å². The highest BCUT2D eigenvalue weighted by molar-refractivity contribution is 5.70. The molecule has 1 aliphatic rings. The highest BCUT2D eigenvalue weighted by Crippen LogP contribution is 2.25. The molecular weight excluding hydrogens is 254 g/mol. The topological polar surface area (TPSA) is 49.8 Å². The van der Waals surface area contributed by atoms with E-state index in [9.17, 15) is 4.79 Å². The fourth-order valence-electron chi connectivity index (χ4n) is 2.88. The molecule has 1 heterocycles. The average Bonchev–Trinajstić information content (AvgIpc) is 2.42. The van der Waals surface area contributed by atoms with Crippen molar-refractivity contribution in [3.8, 4) is 5.75 Å². The summed E-state index contributed by atoms with van der Waals surface area (Å²) < 4.78 is 5.33. The van der Waals surface area contributed by atoms with Crippen LogP contribution in [0.4, 0.5) is 0 Å². The highest BCUT2D eigenvalue weighted by Gasteiger charge is 2.25. The number of carboxylic acids is 1. The average molecular weight is 277 g/mol. The minimum absolute atomic E-state index is 0.219. The van der Waals surface area contributed by atoms with E-state index in [-0.39, 0.29) is 5.92 Å². The number of piperidine rings is 1. The highest BCUT2D eigenvalue weighted by atomic mass is 16.5. The number of carbonyl (C=O) groups is 1. The lowest BCUT2D eigenvalue weighted by Gasteiger charge is -2.31. The molecule has 0 radical (unpaired) electrons. The van der Waals surface area contributed by atoms with Crippen LogP contribution in [0.25, 0.3) is 0 Å². The molecule has 0 unspecified atom stereocenters. The van der Waals surface area contributed by atoms with Crippen LogP contribution >= 0.6 is 0 Å². The van der Waals surface area contributed by atoms with E-state index < -0.39 is 5.97 Å². The molecule has 0 amide bonds. The number of hydrogen-bond donors (Lipinski definition) is 1. The molecule has 110 valence electrons. The third-order valence-corrected chi connectivity index (χ3v) is 4.10. The molecule has 20 heavy (non-hydrogen) atoms. The number of benzene rings is 1. The minimum Gasteiger partial charge on any atom is -0.496 e. The Bertz CT molecular complexity index is 499. The standard InChI is InChI=1S/C16H23NO3/c1-11-8-15(20-3)12(2)7-14(11)10-17-6-4-5-13(9-17)16(18)19/h7-8,13H,4-6,9-10H2,1-3H3,(H,18,19)/t13-/m1/s1. The first-order valence-electron chi connectivity index (χ1n) is 7.10. The van der Waals surface area contributed by atoms with Crippen LogP contribution < -0.4 is 4.74 Å². The summed E-state index contributed by atoms with van der Waals surface area (Å²) in [4.78, 5) is 13.4. The molecule has 0 spiro atoms. The number of rotatable bonds is 4. The minimum atomic E-state index is -0.669. The Kier molecular flexibility index (Phi) is 4.65. The van der Waals surface area contributed by atoms with Crippen LogP contribution in [0, 0.1) is 19.8 Å². The van der Waals surface area contributed by atoms with E-state index in [0.29, 0.717) is 6.54 Å². The van der Waals surface area contributed by atoms with Gasteiger partial charge in [-0.3, -0.25) is 9.69 Å². The second-order valence-corrected chi connectivity index (χ2v) is 5.66. The molecule has 1 aliphatic heterocycles. The van der Waals surface area contributed by atoms with E-state index in [0.717, 1.165) is 37.2 Å². The van der Waals surface area contributed by atoms with Crippen molar-refractivity contribution in [1.29, 1.82) is 0 Å². The van der Waals surface area contributed by atoms with Gasteiger partial charge in [0.25, 0.3) is 0 Å². The molecule has 1 atom stereocenters. The van der Waals surface area contributed by atoms with Gasteiger partial charge in [0.2, 0.25) is 0 Å². The van der Waals surface area contributed by atoms with Crippen molar-refractivity contribution >= 4 is 5.97 Å². The molecular formula is C16H23NO3. The van der Waals surface area contributed by atoms with Crippen molar-refractivity contribution in [3.05, 3.63) is 28.8 Å². The molecule has 1 aromatic rings. The van der Waals surface area contributed by atoms with E-state index in [4.69, 9.17) is 9.84 Å². The molecule has 2 rings (SSSR count). The van der Waals surface area contributed by atoms with Crippen molar-refractivity contribution in [2.45, 2.75) is 33.2 Å². The Morgan fingerprint density at radius 1 is 1.40 bits per heavy atom. The summed E-state index contributed by atoms with van der Waals surface area (Å²) in [5.41, 5.74) is 3.58. The Hall–Kier alpha value is -1.55. The number of likely N-dealkylation sites (tertiary alicyclic amines) is 1. The molecule has 0 saturated carbocycles. The predicted molar refractivity (Wildman–Crippen MR) is 78.1 cm³/mol. The smallest absolute Gasteiger partial charge is 0.307 e. The van der Waals surface area contributed by atoms with Gasteiger partial charge in [-0.15, -0.1) is 0 Å². The number of nitrogens with zero attached hydrogens (tertiary/aromatic N) is 1. The summed E-state index contributed by atoms with van der Waals surface area (Å²) in [5, 5.41) is 9.15. The maximum atomic E-state index is 11.1. The van der Waals surface area contributed by atoms with E-state index in [1.165, 1.54) is 11.1 Å². The Balaban J connectivity index is 2.10. The van der Waals surface area contributed by atoms with Gasteiger partial charge in [0.15, 0.2) is 0 Å². The zero-order valence-corrected chi connectivity index (χ0v) is 12.5. The zero-order valence-electron chi connectivity index (χ0n) is 12.5. The first-order chi connectivity index (χ1) is 9.51. The number of aliphatic carboxylic acids is 1. The van der Waals surface area contributed by atoms with Crippen LogP contribution in [-0.2, 0) is 11.3 Å². The summed E-state index contributed by atoms with van der Waals surface area (Å²) in [5.74, 6) is 0.0223. The number of carboxylic acid groups (broad SMARTS) is 1. The summed E-state index contributed by atoms with van der Waals surface area (Å²) in [6.45, 7) is 6.57. The maximum Gasteiger partial charge on any atom is 0.307 e. The summed E-state index contributed by atoms with van der Waals surface area (Å²) in [7, 11) is 1.68. The van der Waals surface area contributed by atoms with Crippen molar-refractivity contribution in [1.82, 2.24) is 4.90 Å². The molecule has 0 aliphatic carbocycles. The number of hydrogen-bond acceptors (Lipinski definition) is 3. The van der Waals surface area contributed by atoms with Crippen LogP contribution in [-0.4, -0.2) is 36.2 Å². The fourth-order valence-corrected chi connectivity index (χ4v) is 2.88. The molecule has 4 heteroatoms. The number of aryl methyl sites for hydroxylation is 2. The van der Waals surface area contributed by atoms with Crippen molar-refractivity contribution in [2.75, 3.05) is 20.2 Å². The predicted octanol–water partition coefficient (Wildman–Crippen LogP) is 2.61. The lowest BCUT2D eigenvalue weighted by atomic mass is 9.97. The van der Waals surface area contributed by atoms with Gasteiger partial charge in [-0.2, -0.15) is 0 Å². The van der Waals surface area contributed by atoms with Gasteiger partial charge >= 0.3 is 5.97 Å². The Labute approximate surface area is 120 Å². The van der Waals surface area contributed by atoms with Gasteiger partial charge < -0.3 is 9.84 Å². The van der Waals surface area contributed by atoms with Crippen LogP contribution in [0.3, 0.4) is 0 Å². The number of methoxy groups -OCH3 is 1. The van der Waals surface area contributed by atoms with Crippen molar-refractivity contribution < 1.29 is 14.6 Å². The van der Waals surface area contributed by atoms with E-state index in [1.807, 2.05) is 6.92 Å². The van der Waals surface area contributed by atoms with Crippen molar-refractivity contribution in [3.63, 3.8) is 0 Å². The normalized spacial score (nSPS) is 19.9. The third kappa shape index (κ3) is 3.31. The van der Waals surface area contributed by atoms with Gasteiger partial charge in [-0.25, -0.2) is 0 Å². The van der Waals surface area contributed by atoms with Gasteiger partial charge in [0, 0.05) is 13.1 Å². The van der Waals surface area contributed by atoms with Crippen LogP contribution in [0.5, 0.6) is 5.75 Å². The third-order valence-electron chi connectivity index (χ3n) is 4.10. The Morgan fingerprint density at radius 2 is 2.15 bits per heavy atom. The van der Waals surface area contributed by atoms with Gasteiger partial charge in [0.1, 0.15) is 5.75 Å². The zero-order chi connectivity index (χ0) is 14.7. The molecule has 1 N–H and O–H groups in total. The SMILES string of the molecule is COc1cc(C)c(CN2CCC[C@@H](C(=O)O)C2)cc1C. The van der Waals surface area contributed by atoms with Crippen molar-refractivity contribution in [2.24, 2.45) is 5.92 Å². The summed E-state index contributed by atoms with van der Waals surface area (Å²) in [6, 6.07) is 4.21. The Morgan fingerprint density at radius 3 is 2.80 bits per heavy atom. The van der Waals surface area contributed by atoms with Gasteiger partial charge in [-0.05, 0) is 56.0 Å². The van der Waals surface area contributed by atoms with Crippen LogP contribution in [0.1, 0.15) is 29.5 Å². The fraction of sp³-hybridized carbons (Fsp3) is 0.562. The molecule has 1 aromatic carbocycles. The van der Waals surface area contributed by atoms with Gasteiger partial charge in [-0.1, -0.05) is 6.07 Å². The quantitative estimate of drug-likeness (QED) is 0.919. The molecule has 1 fully saturated rings. The van der Waals surface area contributed by atoms with Crippen LogP contribution in [0.2, 0.25) is 0 Å². The first-order valence-corrected chi connectivity index (χ1v) is 7.10. The largest absolute Gasteiger partial charge is 0.496 e. The van der Waals surface area contributed by atoms with Crippen LogP contribution in [0.15, 0.2) is 12.1 Å².